The number of hydrogen-bond acceptors (Lipinski definition) is 7. The van der Waals surface area contributed by atoms with Gasteiger partial charge in [0.25, 0.3) is 0 Å². The van der Waals surface area contributed by atoms with Crippen molar-refractivity contribution in [3.8, 4) is 10.4 Å². The summed E-state index contributed by atoms with van der Waals surface area (Å²) in [6, 6.07) is 12.5. The van der Waals surface area contributed by atoms with Crippen molar-refractivity contribution >= 4 is 45.7 Å². The van der Waals surface area contributed by atoms with Crippen LogP contribution in [0.25, 0.3) is 26.4 Å². The van der Waals surface area contributed by atoms with Crippen LogP contribution < -0.4 is 10.2 Å². The molecule has 1 aromatic carbocycles. The summed E-state index contributed by atoms with van der Waals surface area (Å²) in [4.78, 5) is 32.8. The molecule has 8 heteroatoms. The molecule has 0 bridgehead atoms. The van der Waals surface area contributed by atoms with E-state index in [1.807, 2.05) is 43.4 Å². The fourth-order valence-corrected chi connectivity index (χ4v) is 5.06. The zero-order chi connectivity index (χ0) is 24.6. The Morgan fingerprint density at radius 3 is 2.66 bits per heavy atom. The highest BCUT2D eigenvalue weighted by atomic mass is 32.1. The number of carbonyl (C=O) groups is 1. The number of nitrogens with zero attached hydrogens (tertiary/aromatic N) is 5. The predicted octanol–water partition coefficient (Wildman–Crippen LogP) is 4.62. The van der Waals surface area contributed by atoms with Crippen LogP contribution in [0.5, 0.6) is 0 Å². The van der Waals surface area contributed by atoms with Gasteiger partial charge < -0.3 is 10.2 Å². The van der Waals surface area contributed by atoms with Gasteiger partial charge in [-0.05, 0) is 37.8 Å². The third kappa shape index (κ3) is 6.01. The predicted molar refractivity (Wildman–Crippen MR) is 147 cm³/mol. The number of rotatable bonds is 9. The van der Waals surface area contributed by atoms with Gasteiger partial charge in [-0.3, -0.25) is 14.7 Å². The van der Waals surface area contributed by atoms with E-state index in [0.29, 0.717) is 18.1 Å². The first-order chi connectivity index (χ1) is 17.1. The molecule has 0 atom stereocenters. The van der Waals surface area contributed by atoms with Gasteiger partial charge in [0, 0.05) is 37.6 Å². The van der Waals surface area contributed by atoms with Crippen LogP contribution in [0.3, 0.4) is 0 Å². The van der Waals surface area contributed by atoms with Crippen LogP contribution in [-0.2, 0) is 4.79 Å². The Morgan fingerprint density at radius 1 is 1.20 bits per heavy atom. The minimum Gasteiger partial charge on any atom is -0.355 e. The number of aromatic nitrogens is 2. The summed E-state index contributed by atoms with van der Waals surface area (Å²) in [6.07, 6.45) is 6.69. The van der Waals surface area contributed by atoms with Crippen LogP contribution in [0.2, 0.25) is 0 Å². The fraction of sp³-hybridized carbons (Fsp3) is 0.333. The Bertz CT molecular complexity index is 1230. The highest BCUT2D eigenvalue weighted by molar-refractivity contribution is 7.21. The van der Waals surface area contributed by atoms with Crippen molar-refractivity contribution in [1.29, 1.82) is 0 Å². The minimum atomic E-state index is 0.0909. The third-order valence-electron chi connectivity index (χ3n) is 5.89. The molecule has 1 aliphatic rings. The summed E-state index contributed by atoms with van der Waals surface area (Å²) in [5, 5.41) is 4.01. The normalized spacial score (nSPS) is 15.1. The molecule has 1 amide bonds. The molecule has 7 nitrogen and oxygen atoms in total. The molecule has 4 rings (SSSR count). The maximum absolute atomic E-state index is 12.2. The van der Waals surface area contributed by atoms with E-state index >= 15 is 0 Å². The Morgan fingerprint density at radius 2 is 1.97 bits per heavy atom. The number of thiophene rings is 1. The quantitative estimate of drug-likeness (QED) is 0.351. The molecule has 1 N–H and O–H groups in total. The standard InChI is InChI=1S/C27H32N6OS/c1-4-6-12-22(28-3)25-30-26(33-16-14-32(15-17-33)19-24(34)29-13-5-2)21-18-23(35-27(21)31-25)20-10-8-7-9-11-20/h4,6-12,18H,3,5,13-17,19H2,1-2H3,(H,29,34)/b6-4-,22-12-. The van der Waals surface area contributed by atoms with E-state index in [0.717, 1.165) is 65.6 Å². The number of piperazine rings is 1. The number of amides is 1. The number of aliphatic imine (C=N–C) groups is 1. The highest BCUT2D eigenvalue weighted by Crippen LogP contribution is 2.37. The van der Waals surface area contributed by atoms with E-state index in [1.54, 1.807) is 11.3 Å². The van der Waals surface area contributed by atoms with Gasteiger partial charge in [-0.25, -0.2) is 9.97 Å². The van der Waals surface area contributed by atoms with Gasteiger partial charge in [0.15, 0.2) is 5.82 Å². The van der Waals surface area contributed by atoms with E-state index in [-0.39, 0.29) is 5.91 Å². The Balaban J connectivity index is 1.65. The zero-order valence-corrected chi connectivity index (χ0v) is 21.2. The van der Waals surface area contributed by atoms with E-state index in [4.69, 9.17) is 9.97 Å². The van der Waals surface area contributed by atoms with E-state index in [2.05, 4.69) is 51.9 Å². The van der Waals surface area contributed by atoms with E-state index in [9.17, 15) is 4.79 Å². The molecule has 0 radical (unpaired) electrons. The Labute approximate surface area is 210 Å². The summed E-state index contributed by atoms with van der Waals surface area (Å²) in [7, 11) is 0. The third-order valence-corrected chi connectivity index (χ3v) is 6.97. The molecular formula is C27H32N6OS. The molecule has 35 heavy (non-hydrogen) atoms. The number of hydrogen-bond donors (Lipinski definition) is 1. The van der Waals surface area contributed by atoms with Gasteiger partial charge >= 0.3 is 0 Å². The van der Waals surface area contributed by atoms with Gasteiger partial charge in [-0.2, -0.15) is 0 Å². The first-order valence-electron chi connectivity index (χ1n) is 12.0. The lowest BCUT2D eigenvalue weighted by Crippen LogP contribution is -2.49. The molecule has 1 aliphatic heterocycles. The second-order valence-corrected chi connectivity index (χ2v) is 9.45. The largest absolute Gasteiger partial charge is 0.355 e. The Hall–Kier alpha value is -3.36. The molecule has 1 fully saturated rings. The summed E-state index contributed by atoms with van der Waals surface area (Å²) in [5.74, 6) is 1.57. The molecule has 0 saturated carbocycles. The number of carbonyl (C=O) groups excluding carboxylic acids is 1. The van der Waals surface area contributed by atoms with Gasteiger partial charge in [-0.1, -0.05) is 49.4 Å². The first kappa shape index (κ1) is 24.8. The monoisotopic (exact) mass is 488 g/mol. The molecule has 0 spiro atoms. The zero-order valence-electron chi connectivity index (χ0n) is 20.4. The second kappa shape index (κ2) is 11.9. The number of benzene rings is 1. The topological polar surface area (TPSA) is 73.7 Å². The van der Waals surface area contributed by atoms with Crippen LogP contribution in [0.1, 0.15) is 26.1 Å². The highest BCUT2D eigenvalue weighted by Gasteiger charge is 2.24. The molecule has 0 aliphatic carbocycles. The molecule has 0 unspecified atom stereocenters. The van der Waals surface area contributed by atoms with Crippen molar-refractivity contribution in [2.24, 2.45) is 4.99 Å². The lowest BCUT2D eigenvalue weighted by atomic mass is 10.2. The Kier molecular flexibility index (Phi) is 8.39. The van der Waals surface area contributed by atoms with Crippen LogP contribution in [-0.4, -0.2) is 66.8 Å². The fourth-order valence-electron chi connectivity index (χ4n) is 4.03. The van der Waals surface area contributed by atoms with Crippen LogP contribution in [0.4, 0.5) is 5.82 Å². The number of anilines is 1. The van der Waals surface area contributed by atoms with Crippen LogP contribution in [0.15, 0.2) is 59.6 Å². The summed E-state index contributed by atoms with van der Waals surface area (Å²) in [6.45, 7) is 12.1. The van der Waals surface area contributed by atoms with Crippen molar-refractivity contribution in [2.45, 2.75) is 20.3 Å². The van der Waals surface area contributed by atoms with Gasteiger partial charge in [0.2, 0.25) is 5.91 Å². The molecule has 1 saturated heterocycles. The maximum Gasteiger partial charge on any atom is 0.234 e. The van der Waals surface area contributed by atoms with Gasteiger partial charge in [-0.15, -0.1) is 11.3 Å². The van der Waals surface area contributed by atoms with E-state index in [1.165, 1.54) is 0 Å². The smallest absolute Gasteiger partial charge is 0.234 e. The average Bonchev–Trinajstić information content (AvgIpc) is 3.33. The molecule has 3 heterocycles. The lowest BCUT2D eigenvalue weighted by Gasteiger charge is -2.35. The summed E-state index contributed by atoms with van der Waals surface area (Å²) in [5.41, 5.74) is 1.81. The van der Waals surface area contributed by atoms with Crippen LogP contribution in [0, 0.1) is 0 Å². The number of nitrogens with one attached hydrogen (secondary N) is 1. The second-order valence-electron chi connectivity index (χ2n) is 8.42. The SMILES string of the molecule is C=N/C(=C\C=C/C)c1nc(N2CCN(CC(=O)NCCC)CC2)c2cc(-c3ccccc3)sc2n1. The van der Waals surface area contributed by atoms with E-state index < -0.39 is 0 Å². The van der Waals surface area contributed by atoms with Crippen molar-refractivity contribution in [3.63, 3.8) is 0 Å². The number of allylic oxidation sites excluding steroid dienone is 3. The van der Waals surface area contributed by atoms with Gasteiger partial charge in [0.1, 0.15) is 16.3 Å². The summed E-state index contributed by atoms with van der Waals surface area (Å²) < 4.78 is 0. The van der Waals surface area contributed by atoms with Crippen molar-refractivity contribution in [3.05, 3.63) is 60.5 Å². The van der Waals surface area contributed by atoms with Crippen molar-refractivity contribution in [2.75, 3.05) is 44.2 Å². The van der Waals surface area contributed by atoms with Crippen molar-refractivity contribution < 1.29 is 4.79 Å². The average molecular weight is 489 g/mol. The number of fused-ring (bicyclic) bond motifs is 1. The maximum atomic E-state index is 12.2. The molecular weight excluding hydrogens is 456 g/mol. The van der Waals surface area contributed by atoms with Crippen molar-refractivity contribution in [1.82, 2.24) is 20.2 Å². The molecule has 2 aromatic heterocycles. The minimum absolute atomic E-state index is 0.0909. The lowest BCUT2D eigenvalue weighted by molar-refractivity contribution is -0.122. The van der Waals surface area contributed by atoms with Crippen LogP contribution >= 0.6 is 11.3 Å². The molecule has 182 valence electrons. The summed E-state index contributed by atoms with van der Waals surface area (Å²) >= 11 is 1.66. The van der Waals surface area contributed by atoms with Gasteiger partial charge in [0.05, 0.1) is 11.9 Å². The molecule has 3 aromatic rings. The first-order valence-corrected chi connectivity index (χ1v) is 12.9.